The molecule has 0 atom stereocenters. The molecule has 0 saturated carbocycles. The molecule has 0 unspecified atom stereocenters. The summed E-state index contributed by atoms with van der Waals surface area (Å²) in [5, 5.41) is 8.29. The predicted molar refractivity (Wildman–Crippen MR) is 50.5 cm³/mol. The molecule has 0 saturated heterocycles. The molecule has 1 aromatic rings. The fourth-order valence-corrected chi connectivity index (χ4v) is 0.998. The summed E-state index contributed by atoms with van der Waals surface area (Å²) in [4.78, 5) is 0. The van der Waals surface area contributed by atoms with Gasteiger partial charge in [-0.25, -0.2) is 0 Å². The van der Waals surface area contributed by atoms with Gasteiger partial charge >= 0.3 is 0 Å². The van der Waals surface area contributed by atoms with Gasteiger partial charge in [0, 0.05) is 6.08 Å². The van der Waals surface area contributed by atoms with Crippen LogP contribution in [0.2, 0.25) is 0 Å². The molecule has 1 rings (SSSR count). The van der Waals surface area contributed by atoms with Gasteiger partial charge < -0.3 is 0 Å². The largest absolute Gasteiger partial charge is 0.193 e. The first-order valence-corrected chi connectivity index (χ1v) is 4.02. The summed E-state index contributed by atoms with van der Waals surface area (Å²) in [5.41, 5.74) is 2.40. The molecule has 1 heteroatoms. The molecule has 0 aliphatic heterocycles. The summed E-state index contributed by atoms with van der Waals surface area (Å²) in [7, 11) is 0. The highest BCUT2D eigenvalue weighted by Gasteiger charge is 1.87. The predicted octanol–water partition coefficient (Wildman–Crippen LogP) is 2.79. The second-order valence-electron chi connectivity index (χ2n) is 2.56. The minimum absolute atomic E-state index is 1.06. The fraction of sp³-hybridized carbons (Fsp3) is 0.182. The lowest BCUT2D eigenvalue weighted by Crippen LogP contribution is -1.78. The maximum absolute atomic E-state index is 8.29. The van der Waals surface area contributed by atoms with Gasteiger partial charge in [-0.1, -0.05) is 31.2 Å². The van der Waals surface area contributed by atoms with Crippen LogP contribution in [0.25, 0.3) is 6.08 Å². The van der Waals surface area contributed by atoms with Crippen LogP contribution in [0, 0.1) is 11.3 Å². The van der Waals surface area contributed by atoms with E-state index in [1.54, 1.807) is 6.08 Å². The van der Waals surface area contributed by atoms with E-state index in [1.807, 2.05) is 18.2 Å². The Bertz CT molecular complexity index is 301. The molecule has 12 heavy (non-hydrogen) atoms. The van der Waals surface area contributed by atoms with Crippen LogP contribution in [-0.2, 0) is 6.42 Å². The van der Waals surface area contributed by atoms with Gasteiger partial charge in [-0.15, -0.1) is 0 Å². The number of hydrogen-bond acceptors (Lipinski definition) is 1. The van der Waals surface area contributed by atoms with E-state index in [1.165, 1.54) is 11.6 Å². The van der Waals surface area contributed by atoms with E-state index in [0.717, 1.165) is 12.0 Å². The Kier molecular flexibility index (Phi) is 3.10. The number of allylic oxidation sites excluding steroid dienone is 1. The van der Waals surface area contributed by atoms with Crippen molar-refractivity contribution >= 4 is 6.08 Å². The highest BCUT2D eigenvalue weighted by molar-refractivity contribution is 5.51. The van der Waals surface area contributed by atoms with Gasteiger partial charge in [0.2, 0.25) is 0 Å². The van der Waals surface area contributed by atoms with Crippen LogP contribution in [0.15, 0.2) is 30.3 Å². The quantitative estimate of drug-likeness (QED) is 0.605. The van der Waals surface area contributed by atoms with Crippen LogP contribution >= 0.6 is 0 Å². The molecule has 0 fully saturated rings. The van der Waals surface area contributed by atoms with Crippen molar-refractivity contribution in [2.45, 2.75) is 13.3 Å². The van der Waals surface area contributed by atoms with Gasteiger partial charge in [0.15, 0.2) is 0 Å². The monoisotopic (exact) mass is 157 g/mol. The van der Waals surface area contributed by atoms with E-state index in [-0.39, 0.29) is 0 Å². The van der Waals surface area contributed by atoms with Gasteiger partial charge in [-0.05, 0) is 23.6 Å². The maximum atomic E-state index is 8.29. The molecule has 1 aromatic carbocycles. The van der Waals surface area contributed by atoms with Crippen LogP contribution in [0.5, 0.6) is 0 Å². The normalized spacial score (nSPS) is 10.0. The first-order chi connectivity index (χ1) is 5.86. The van der Waals surface area contributed by atoms with Crippen molar-refractivity contribution in [1.29, 1.82) is 5.26 Å². The summed E-state index contributed by atoms with van der Waals surface area (Å²) < 4.78 is 0. The highest BCUT2D eigenvalue weighted by Crippen LogP contribution is 2.06. The Balaban J connectivity index is 2.79. The Morgan fingerprint density at radius 3 is 2.50 bits per heavy atom. The lowest BCUT2D eigenvalue weighted by Gasteiger charge is -1.95. The van der Waals surface area contributed by atoms with Gasteiger partial charge in [0.05, 0.1) is 6.07 Å². The molecule has 0 spiro atoms. The van der Waals surface area contributed by atoms with E-state index in [0.29, 0.717) is 0 Å². The first-order valence-electron chi connectivity index (χ1n) is 4.02. The van der Waals surface area contributed by atoms with E-state index in [4.69, 9.17) is 5.26 Å². The summed E-state index contributed by atoms with van der Waals surface area (Å²) >= 11 is 0. The third-order valence-corrected chi connectivity index (χ3v) is 1.74. The number of hydrogen-bond donors (Lipinski definition) is 0. The zero-order chi connectivity index (χ0) is 8.81. The third-order valence-electron chi connectivity index (χ3n) is 1.74. The molecule has 1 nitrogen and oxygen atoms in total. The standard InChI is InChI=1S/C11H11N/c1-2-10-5-7-11(8-6-10)4-3-9-12/h3-8H,2H2,1H3. The number of aryl methyl sites for hydroxylation is 1. The van der Waals surface area contributed by atoms with Crippen LogP contribution in [0.4, 0.5) is 0 Å². The van der Waals surface area contributed by atoms with E-state index in [2.05, 4.69) is 19.1 Å². The molecule has 0 aliphatic carbocycles. The fourth-order valence-electron chi connectivity index (χ4n) is 0.998. The van der Waals surface area contributed by atoms with Crippen molar-refractivity contribution < 1.29 is 0 Å². The summed E-state index contributed by atoms with van der Waals surface area (Å²) in [6, 6.07) is 10.2. The molecule has 0 heterocycles. The van der Waals surface area contributed by atoms with Gasteiger partial charge in [-0.2, -0.15) is 5.26 Å². The number of nitriles is 1. The molecule has 0 amide bonds. The minimum Gasteiger partial charge on any atom is -0.193 e. The lowest BCUT2D eigenvalue weighted by atomic mass is 10.1. The average molecular weight is 157 g/mol. The van der Waals surface area contributed by atoms with Crippen molar-refractivity contribution in [2.24, 2.45) is 0 Å². The molecular weight excluding hydrogens is 146 g/mol. The Hall–Kier alpha value is -1.55. The van der Waals surface area contributed by atoms with Crippen molar-refractivity contribution in [1.82, 2.24) is 0 Å². The van der Waals surface area contributed by atoms with Crippen LogP contribution in [0.1, 0.15) is 18.1 Å². The Morgan fingerprint density at radius 1 is 1.33 bits per heavy atom. The smallest absolute Gasteiger partial charge is 0.0912 e. The maximum Gasteiger partial charge on any atom is 0.0912 e. The second-order valence-corrected chi connectivity index (χ2v) is 2.56. The molecule has 0 radical (unpaired) electrons. The third kappa shape index (κ3) is 2.25. The molecule has 0 N–H and O–H groups in total. The van der Waals surface area contributed by atoms with Gasteiger partial charge in [0.1, 0.15) is 0 Å². The zero-order valence-corrected chi connectivity index (χ0v) is 7.12. The second kappa shape index (κ2) is 4.35. The number of rotatable bonds is 2. The van der Waals surface area contributed by atoms with Gasteiger partial charge in [-0.3, -0.25) is 0 Å². The lowest BCUT2D eigenvalue weighted by molar-refractivity contribution is 1.14. The molecule has 0 aromatic heterocycles. The summed E-state index contributed by atoms with van der Waals surface area (Å²) in [5.74, 6) is 0. The van der Waals surface area contributed by atoms with Crippen LogP contribution in [0.3, 0.4) is 0 Å². The summed E-state index contributed by atoms with van der Waals surface area (Å²) in [6.45, 7) is 2.13. The SMILES string of the molecule is CCc1ccc(C=CC#N)cc1. The number of benzene rings is 1. The van der Waals surface area contributed by atoms with Crippen molar-refractivity contribution in [3.05, 3.63) is 41.5 Å². The zero-order valence-electron chi connectivity index (χ0n) is 7.12. The highest BCUT2D eigenvalue weighted by atomic mass is 14.2. The Labute approximate surface area is 73.0 Å². The first kappa shape index (κ1) is 8.55. The molecule has 0 bridgehead atoms. The molecular formula is C11H11N. The van der Waals surface area contributed by atoms with Gasteiger partial charge in [0.25, 0.3) is 0 Å². The topological polar surface area (TPSA) is 23.8 Å². The molecule has 60 valence electrons. The Morgan fingerprint density at radius 2 is 2.00 bits per heavy atom. The average Bonchev–Trinajstić information content (AvgIpc) is 2.15. The molecule has 0 aliphatic rings. The van der Waals surface area contributed by atoms with Crippen molar-refractivity contribution in [2.75, 3.05) is 0 Å². The van der Waals surface area contributed by atoms with Crippen molar-refractivity contribution in [3.8, 4) is 6.07 Å². The minimum atomic E-state index is 1.06. The van der Waals surface area contributed by atoms with Crippen LogP contribution in [-0.4, -0.2) is 0 Å². The number of nitrogens with zero attached hydrogens (tertiary/aromatic N) is 1. The van der Waals surface area contributed by atoms with E-state index >= 15 is 0 Å². The van der Waals surface area contributed by atoms with E-state index in [9.17, 15) is 0 Å². The van der Waals surface area contributed by atoms with Crippen LogP contribution < -0.4 is 0 Å². The van der Waals surface area contributed by atoms with E-state index < -0.39 is 0 Å². The van der Waals surface area contributed by atoms with Crippen molar-refractivity contribution in [3.63, 3.8) is 0 Å². The summed E-state index contributed by atoms with van der Waals surface area (Å²) in [6.07, 6.45) is 4.35.